The second kappa shape index (κ2) is 6.03. The van der Waals surface area contributed by atoms with Gasteiger partial charge in [-0.2, -0.15) is 0 Å². The number of halogens is 3. The first-order valence-corrected chi connectivity index (χ1v) is 8.58. The molecule has 2 N–H and O–H groups in total. The van der Waals surface area contributed by atoms with Crippen LogP contribution in [0.25, 0.3) is 10.9 Å². The molecule has 1 aromatic carbocycles. The Morgan fingerprint density at radius 3 is 2.65 bits per heavy atom. The number of benzene rings is 1. The highest BCUT2D eigenvalue weighted by Gasteiger charge is 2.27. The molecule has 0 unspecified atom stereocenters. The van der Waals surface area contributed by atoms with Crippen molar-refractivity contribution < 1.29 is 14.7 Å². The quantitative estimate of drug-likeness (QED) is 0.622. The Morgan fingerprint density at radius 2 is 2.04 bits per heavy atom. The van der Waals surface area contributed by atoms with Gasteiger partial charge < -0.3 is 14.6 Å². The van der Waals surface area contributed by atoms with Crippen LogP contribution in [-0.2, 0) is 17.9 Å². The number of anilines is 1. The van der Waals surface area contributed by atoms with Crippen molar-refractivity contribution in [3.63, 3.8) is 0 Å². The van der Waals surface area contributed by atoms with Crippen molar-refractivity contribution in [3.8, 4) is 0 Å². The van der Waals surface area contributed by atoms with E-state index in [1.54, 1.807) is 4.90 Å². The molecular weight excluding hydrogens is 456 g/mol. The second-order valence-electron chi connectivity index (χ2n) is 5.23. The minimum atomic E-state index is -1.17. The largest absolute Gasteiger partial charge is 0.465 e. The first kappa shape index (κ1) is 16.7. The van der Waals surface area contributed by atoms with E-state index >= 15 is 0 Å². The summed E-state index contributed by atoms with van der Waals surface area (Å²) in [5.74, 6) is 0.00493. The van der Waals surface area contributed by atoms with Gasteiger partial charge in [-0.05, 0) is 28.7 Å². The minimum Gasteiger partial charge on any atom is -0.465 e. The summed E-state index contributed by atoms with van der Waals surface area (Å²) in [6.45, 7) is 3.16. The second-order valence-corrected chi connectivity index (χ2v) is 7.09. The van der Waals surface area contributed by atoms with E-state index in [1.807, 2.05) is 4.57 Å². The van der Waals surface area contributed by atoms with E-state index < -0.39 is 6.09 Å². The van der Waals surface area contributed by atoms with Crippen molar-refractivity contribution in [3.05, 3.63) is 25.4 Å². The van der Waals surface area contributed by atoms with E-state index in [0.717, 1.165) is 9.26 Å². The van der Waals surface area contributed by atoms with Gasteiger partial charge in [0.15, 0.2) is 0 Å². The van der Waals surface area contributed by atoms with Crippen LogP contribution < -0.4 is 5.32 Å². The van der Waals surface area contributed by atoms with Crippen LogP contribution in [0.15, 0.2) is 6.07 Å². The SMILES string of the molecule is CC(=O)N1CCn2c(c(I)c3c(NC(=O)O)cc(Cl)c(Cl)c32)C1. The maximum atomic E-state index is 11.6. The fourth-order valence-electron chi connectivity index (χ4n) is 2.85. The van der Waals surface area contributed by atoms with E-state index in [1.165, 1.54) is 13.0 Å². The lowest BCUT2D eigenvalue weighted by Gasteiger charge is -2.28. The Balaban J connectivity index is 2.29. The Hall–Kier alpha value is -1.19. The Labute approximate surface area is 155 Å². The molecule has 0 spiro atoms. The van der Waals surface area contributed by atoms with Gasteiger partial charge in [0.25, 0.3) is 0 Å². The summed E-state index contributed by atoms with van der Waals surface area (Å²) in [5.41, 5.74) is 2.02. The van der Waals surface area contributed by atoms with Crippen molar-refractivity contribution in [2.24, 2.45) is 0 Å². The molecule has 3 rings (SSSR count). The number of aromatic nitrogens is 1. The highest BCUT2D eigenvalue weighted by Crippen LogP contribution is 2.42. The molecular formula is C14H12Cl2IN3O3. The topological polar surface area (TPSA) is 74.6 Å². The lowest BCUT2D eigenvalue weighted by atomic mass is 10.2. The molecule has 1 aliphatic heterocycles. The molecule has 9 heteroatoms. The average Bonchev–Trinajstić information content (AvgIpc) is 2.77. The number of hydrogen-bond acceptors (Lipinski definition) is 2. The van der Waals surface area contributed by atoms with Gasteiger partial charge in [-0.15, -0.1) is 0 Å². The number of carbonyl (C=O) groups is 2. The number of carbonyl (C=O) groups excluding carboxylic acids is 1. The van der Waals surface area contributed by atoms with E-state index in [2.05, 4.69) is 27.9 Å². The summed E-state index contributed by atoms with van der Waals surface area (Å²) in [6, 6.07) is 1.51. The van der Waals surface area contributed by atoms with Crippen LogP contribution in [0.3, 0.4) is 0 Å². The van der Waals surface area contributed by atoms with E-state index in [9.17, 15) is 9.59 Å². The van der Waals surface area contributed by atoms with Gasteiger partial charge in [0.1, 0.15) is 0 Å². The standard InChI is InChI=1S/C14H12Cl2IN3O3/c1-6(21)19-2-3-20-9(5-19)12(17)10-8(18-14(22)23)4-7(15)11(16)13(10)20/h4,18H,2-3,5H2,1H3,(H,22,23). The molecule has 23 heavy (non-hydrogen) atoms. The average molecular weight is 468 g/mol. The van der Waals surface area contributed by atoms with Gasteiger partial charge in [-0.3, -0.25) is 10.1 Å². The third kappa shape index (κ3) is 2.74. The molecule has 122 valence electrons. The Bertz CT molecular complexity index is 850. The molecule has 0 fully saturated rings. The number of carboxylic acid groups (broad SMARTS) is 1. The summed E-state index contributed by atoms with van der Waals surface area (Å²) < 4.78 is 2.88. The molecule has 2 aromatic rings. The molecule has 2 heterocycles. The van der Waals surface area contributed by atoms with Crippen molar-refractivity contribution in [1.82, 2.24) is 9.47 Å². The van der Waals surface area contributed by atoms with Crippen molar-refractivity contribution in [2.45, 2.75) is 20.0 Å². The van der Waals surface area contributed by atoms with Crippen LogP contribution in [-0.4, -0.2) is 33.1 Å². The molecule has 0 aliphatic carbocycles. The van der Waals surface area contributed by atoms with Gasteiger partial charge >= 0.3 is 6.09 Å². The number of nitrogens with zero attached hydrogens (tertiary/aromatic N) is 2. The van der Waals surface area contributed by atoms with Crippen LogP contribution >= 0.6 is 45.8 Å². The molecule has 0 radical (unpaired) electrons. The summed E-state index contributed by atoms with van der Waals surface area (Å²) in [7, 11) is 0. The summed E-state index contributed by atoms with van der Waals surface area (Å²) in [4.78, 5) is 24.4. The minimum absolute atomic E-state index is 0.00493. The fraction of sp³-hybridized carbons (Fsp3) is 0.286. The van der Waals surface area contributed by atoms with Gasteiger partial charge in [-0.25, -0.2) is 4.79 Å². The van der Waals surface area contributed by atoms with Crippen molar-refractivity contribution >= 4 is 74.4 Å². The Morgan fingerprint density at radius 1 is 1.35 bits per heavy atom. The maximum absolute atomic E-state index is 11.6. The van der Waals surface area contributed by atoms with Gasteiger partial charge in [0.05, 0.1) is 33.5 Å². The highest BCUT2D eigenvalue weighted by molar-refractivity contribution is 14.1. The van der Waals surface area contributed by atoms with E-state index in [4.69, 9.17) is 28.3 Å². The maximum Gasteiger partial charge on any atom is 0.409 e. The molecule has 0 saturated heterocycles. The highest BCUT2D eigenvalue weighted by atomic mass is 127. The van der Waals surface area contributed by atoms with E-state index in [-0.39, 0.29) is 10.9 Å². The lowest BCUT2D eigenvalue weighted by molar-refractivity contribution is -0.130. The molecule has 1 aliphatic rings. The molecule has 6 nitrogen and oxygen atoms in total. The normalized spacial score (nSPS) is 14.0. The van der Waals surface area contributed by atoms with E-state index in [0.29, 0.717) is 41.2 Å². The Kier molecular flexibility index (Phi) is 4.37. The zero-order chi connectivity index (χ0) is 16.9. The van der Waals surface area contributed by atoms with Crippen LogP contribution in [0.1, 0.15) is 12.6 Å². The molecule has 0 atom stereocenters. The zero-order valence-electron chi connectivity index (χ0n) is 12.0. The third-order valence-electron chi connectivity index (χ3n) is 3.88. The number of rotatable bonds is 1. The predicted molar refractivity (Wildman–Crippen MR) is 97.4 cm³/mol. The van der Waals surface area contributed by atoms with Crippen molar-refractivity contribution in [2.75, 3.05) is 11.9 Å². The molecule has 0 bridgehead atoms. The van der Waals surface area contributed by atoms with Gasteiger partial charge in [0, 0.05) is 29.0 Å². The number of amides is 2. The van der Waals surface area contributed by atoms with Crippen LogP contribution in [0.5, 0.6) is 0 Å². The fourth-order valence-corrected chi connectivity index (χ4v) is 4.31. The predicted octanol–water partition coefficient (Wildman–Crippen LogP) is 4.00. The van der Waals surface area contributed by atoms with Crippen LogP contribution in [0.4, 0.5) is 10.5 Å². The monoisotopic (exact) mass is 467 g/mol. The zero-order valence-corrected chi connectivity index (χ0v) is 15.7. The first-order chi connectivity index (χ1) is 10.8. The first-order valence-electron chi connectivity index (χ1n) is 6.75. The summed E-state index contributed by atoms with van der Waals surface area (Å²) >= 11 is 14.7. The number of hydrogen-bond donors (Lipinski definition) is 2. The summed E-state index contributed by atoms with van der Waals surface area (Å²) in [5, 5.41) is 12.8. The van der Waals surface area contributed by atoms with Crippen LogP contribution in [0, 0.1) is 3.57 Å². The molecule has 0 saturated carbocycles. The molecule has 1 aromatic heterocycles. The smallest absolute Gasteiger partial charge is 0.409 e. The summed E-state index contributed by atoms with van der Waals surface area (Å²) in [6.07, 6.45) is -1.17. The number of nitrogens with one attached hydrogen (secondary N) is 1. The van der Waals surface area contributed by atoms with Gasteiger partial charge in [0.2, 0.25) is 5.91 Å². The lowest BCUT2D eigenvalue weighted by Crippen LogP contribution is -2.36. The van der Waals surface area contributed by atoms with Gasteiger partial charge in [-0.1, -0.05) is 23.2 Å². The van der Waals surface area contributed by atoms with Crippen LogP contribution in [0.2, 0.25) is 10.0 Å². The number of fused-ring (bicyclic) bond motifs is 3. The molecule has 2 amide bonds. The third-order valence-corrected chi connectivity index (χ3v) is 5.82. The van der Waals surface area contributed by atoms with Crippen molar-refractivity contribution in [1.29, 1.82) is 0 Å².